The highest BCUT2D eigenvalue weighted by Crippen LogP contribution is 2.32. The van der Waals surface area contributed by atoms with E-state index in [1.54, 1.807) is 37.3 Å². The highest BCUT2D eigenvalue weighted by Gasteiger charge is 2.30. The lowest BCUT2D eigenvalue weighted by Gasteiger charge is -2.12. The SMILES string of the molecule is CC1=NN(c2ccc(CO)cc2)C(=O)C1=NNc1ccc2ccccc2c1O. The Morgan fingerprint density at radius 3 is 2.57 bits per heavy atom. The molecule has 3 aromatic carbocycles. The van der Waals surface area contributed by atoms with Gasteiger partial charge in [0.05, 0.1) is 23.7 Å². The number of phenols is 1. The first-order chi connectivity index (χ1) is 13.6. The third-order valence-corrected chi connectivity index (χ3v) is 4.54. The largest absolute Gasteiger partial charge is 0.505 e. The summed E-state index contributed by atoms with van der Waals surface area (Å²) in [6.45, 7) is 1.63. The maximum Gasteiger partial charge on any atom is 0.301 e. The molecule has 0 spiro atoms. The predicted octanol–water partition coefficient (Wildman–Crippen LogP) is 3.23. The molecule has 0 saturated carbocycles. The van der Waals surface area contributed by atoms with Crippen LogP contribution in [0.3, 0.4) is 0 Å². The van der Waals surface area contributed by atoms with Crippen LogP contribution in [-0.4, -0.2) is 27.5 Å². The Bertz CT molecular complexity index is 1120. The van der Waals surface area contributed by atoms with Crippen molar-refractivity contribution in [3.8, 4) is 5.75 Å². The van der Waals surface area contributed by atoms with E-state index in [1.807, 2.05) is 30.3 Å². The zero-order valence-electron chi connectivity index (χ0n) is 15.1. The summed E-state index contributed by atoms with van der Waals surface area (Å²) in [6.07, 6.45) is 0. The van der Waals surface area contributed by atoms with Crippen molar-refractivity contribution in [2.24, 2.45) is 10.2 Å². The summed E-state index contributed by atoms with van der Waals surface area (Å²) >= 11 is 0. The number of nitrogens with one attached hydrogen (secondary N) is 1. The second-order valence-corrected chi connectivity index (χ2v) is 6.38. The van der Waals surface area contributed by atoms with Crippen LogP contribution in [0.25, 0.3) is 10.8 Å². The molecule has 7 nitrogen and oxygen atoms in total. The van der Waals surface area contributed by atoms with Crippen LogP contribution < -0.4 is 10.4 Å². The molecule has 0 aromatic heterocycles. The Hall–Kier alpha value is -3.71. The summed E-state index contributed by atoms with van der Waals surface area (Å²) in [5, 5.41) is 30.9. The monoisotopic (exact) mass is 374 g/mol. The number of amides is 1. The van der Waals surface area contributed by atoms with Crippen LogP contribution in [0, 0.1) is 0 Å². The van der Waals surface area contributed by atoms with E-state index in [2.05, 4.69) is 15.6 Å². The van der Waals surface area contributed by atoms with Crippen molar-refractivity contribution in [2.75, 3.05) is 10.4 Å². The van der Waals surface area contributed by atoms with Gasteiger partial charge in [0, 0.05) is 5.39 Å². The molecule has 0 fully saturated rings. The molecule has 0 radical (unpaired) electrons. The fraction of sp³-hybridized carbons (Fsp3) is 0.0952. The minimum Gasteiger partial charge on any atom is -0.505 e. The lowest BCUT2D eigenvalue weighted by atomic mass is 10.1. The Kier molecular flexibility index (Phi) is 4.50. The highest BCUT2D eigenvalue weighted by atomic mass is 16.3. The molecule has 4 rings (SSSR count). The van der Waals surface area contributed by atoms with Gasteiger partial charge in [-0.3, -0.25) is 10.2 Å². The lowest BCUT2D eigenvalue weighted by molar-refractivity contribution is -0.112. The van der Waals surface area contributed by atoms with Gasteiger partial charge >= 0.3 is 5.91 Å². The number of carbonyl (C=O) groups excluding carboxylic acids is 1. The first-order valence-electron chi connectivity index (χ1n) is 8.72. The molecular formula is C21H18N4O3. The second-order valence-electron chi connectivity index (χ2n) is 6.38. The number of anilines is 2. The molecule has 0 bridgehead atoms. The number of benzene rings is 3. The molecule has 1 aliphatic rings. The van der Waals surface area contributed by atoms with E-state index >= 15 is 0 Å². The summed E-state index contributed by atoms with van der Waals surface area (Å²) in [6, 6.07) is 17.9. The first-order valence-corrected chi connectivity index (χ1v) is 8.72. The topological polar surface area (TPSA) is 97.5 Å². The third-order valence-electron chi connectivity index (χ3n) is 4.54. The number of hydrazone groups is 2. The average molecular weight is 374 g/mol. The van der Waals surface area contributed by atoms with Crippen molar-refractivity contribution in [3.63, 3.8) is 0 Å². The van der Waals surface area contributed by atoms with Gasteiger partial charge in [-0.1, -0.05) is 42.5 Å². The minimum absolute atomic E-state index is 0.0671. The summed E-state index contributed by atoms with van der Waals surface area (Å²) in [7, 11) is 0. The van der Waals surface area contributed by atoms with Crippen molar-refractivity contribution in [1.29, 1.82) is 0 Å². The molecule has 3 aromatic rings. The molecule has 0 saturated heterocycles. The number of fused-ring (bicyclic) bond motifs is 1. The van der Waals surface area contributed by atoms with Crippen LogP contribution in [0.4, 0.5) is 11.4 Å². The zero-order valence-corrected chi connectivity index (χ0v) is 15.1. The number of phenolic OH excluding ortho intramolecular Hbond substituents is 1. The van der Waals surface area contributed by atoms with E-state index in [0.29, 0.717) is 22.5 Å². The molecule has 1 amide bonds. The van der Waals surface area contributed by atoms with Crippen LogP contribution in [0.2, 0.25) is 0 Å². The molecule has 3 N–H and O–H groups in total. The fourth-order valence-electron chi connectivity index (χ4n) is 3.01. The van der Waals surface area contributed by atoms with E-state index in [4.69, 9.17) is 5.11 Å². The smallest absolute Gasteiger partial charge is 0.301 e. The molecule has 28 heavy (non-hydrogen) atoms. The highest BCUT2D eigenvalue weighted by molar-refractivity contribution is 6.71. The number of rotatable bonds is 4. The molecule has 140 valence electrons. The maximum atomic E-state index is 12.7. The number of aliphatic hydroxyl groups is 1. The number of hydrogen-bond acceptors (Lipinski definition) is 6. The van der Waals surface area contributed by atoms with Crippen LogP contribution in [-0.2, 0) is 11.4 Å². The Morgan fingerprint density at radius 1 is 1.07 bits per heavy atom. The van der Waals surface area contributed by atoms with Gasteiger partial charge in [-0.15, -0.1) is 0 Å². The summed E-state index contributed by atoms with van der Waals surface area (Å²) in [4.78, 5) is 12.7. The van der Waals surface area contributed by atoms with Gasteiger partial charge in [-0.05, 0) is 36.1 Å². The quantitative estimate of drug-likeness (QED) is 0.482. The molecule has 0 aliphatic carbocycles. The lowest BCUT2D eigenvalue weighted by Crippen LogP contribution is -2.27. The van der Waals surface area contributed by atoms with E-state index in [0.717, 1.165) is 10.9 Å². The average Bonchev–Trinajstić information content (AvgIpc) is 3.01. The molecule has 1 aliphatic heterocycles. The Morgan fingerprint density at radius 2 is 1.82 bits per heavy atom. The molecule has 0 atom stereocenters. The normalized spacial score (nSPS) is 15.4. The summed E-state index contributed by atoms with van der Waals surface area (Å²) in [5.41, 5.74) is 5.13. The standard InChI is InChI=1S/C21H18N4O3/c1-13-19(21(28)25(24-13)16-9-6-14(12-26)7-10-16)23-22-18-11-8-15-4-2-3-5-17(15)20(18)27/h2-11,22,26-27H,12H2,1H3. The zero-order chi connectivity index (χ0) is 19.7. The van der Waals surface area contributed by atoms with Crippen molar-refractivity contribution >= 4 is 39.5 Å². The maximum absolute atomic E-state index is 12.7. The third kappa shape index (κ3) is 3.08. The number of nitrogens with zero attached hydrogens (tertiary/aromatic N) is 3. The molecular weight excluding hydrogens is 356 g/mol. The number of hydrogen-bond donors (Lipinski definition) is 3. The van der Waals surface area contributed by atoms with Gasteiger partial charge in [0.1, 0.15) is 5.75 Å². The van der Waals surface area contributed by atoms with Gasteiger partial charge in [-0.2, -0.15) is 15.2 Å². The fourth-order valence-corrected chi connectivity index (χ4v) is 3.01. The number of aromatic hydroxyl groups is 1. The van der Waals surface area contributed by atoms with Crippen molar-refractivity contribution in [3.05, 3.63) is 66.2 Å². The van der Waals surface area contributed by atoms with Crippen LogP contribution in [0.1, 0.15) is 12.5 Å². The van der Waals surface area contributed by atoms with Gasteiger partial charge < -0.3 is 10.2 Å². The second kappa shape index (κ2) is 7.13. The molecule has 7 heteroatoms. The van der Waals surface area contributed by atoms with E-state index in [1.165, 1.54) is 5.01 Å². The van der Waals surface area contributed by atoms with Gasteiger partial charge in [0.25, 0.3) is 0 Å². The van der Waals surface area contributed by atoms with E-state index in [-0.39, 0.29) is 24.0 Å². The van der Waals surface area contributed by atoms with Gasteiger partial charge in [0.15, 0.2) is 5.71 Å². The Labute approximate surface area is 161 Å². The number of carbonyl (C=O) groups is 1. The van der Waals surface area contributed by atoms with Gasteiger partial charge in [0.2, 0.25) is 0 Å². The van der Waals surface area contributed by atoms with Crippen LogP contribution in [0.5, 0.6) is 5.75 Å². The van der Waals surface area contributed by atoms with Crippen LogP contribution in [0.15, 0.2) is 70.9 Å². The first kappa shape index (κ1) is 17.7. The molecule has 0 unspecified atom stereocenters. The summed E-state index contributed by atoms with van der Waals surface area (Å²) in [5.74, 6) is -0.305. The summed E-state index contributed by atoms with van der Waals surface area (Å²) < 4.78 is 0. The Balaban J connectivity index is 1.59. The van der Waals surface area contributed by atoms with Crippen molar-refractivity contribution in [1.82, 2.24) is 0 Å². The molecule has 1 heterocycles. The predicted molar refractivity (Wildman–Crippen MR) is 110 cm³/mol. The van der Waals surface area contributed by atoms with Gasteiger partial charge in [-0.25, -0.2) is 0 Å². The number of aliphatic hydroxyl groups excluding tert-OH is 1. The van der Waals surface area contributed by atoms with E-state index < -0.39 is 0 Å². The van der Waals surface area contributed by atoms with Crippen molar-refractivity contribution in [2.45, 2.75) is 13.5 Å². The van der Waals surface area contributed by atoms with Crippen LogP contribution >= 0.6 is 0 Å². The van der Waals surface area contributed by atoms with E-state index in [9.17, 15) is 9.90 Å². The minimum atomic E-state index is -0.373. The van der Waals surface area contributed by atoms with Crippen molar-refractivity contribution < 1.29 is 15.0 Å².